The summed E-state index contributed by atoms with van der Waals surface area (Å²) < 4.78 is 0. The van der Waals surface area contributed by atoms with Crippen LogP contribution in [0.4, 0.5) is 5.69 Å². The van der Waals surface area contributed by atoms with Gasteiger partial charge in [0.05, 0.1) is 29.8 Å². The summed E-state index contributed by atoms with van der Waals surface area (Å²) in [4.78, 5) is 19.0. The normalized spacial score (nSPS) is 32.4. The summed E-state index contributed by atoms with van der Waals surface area (Å²) in [5, 5.41) is 12.3. The van der Waals surface area contributed by atoms with Crippen LogP contribution >= 0.6 is 0 Å². The molecule has 0 radical (unpaired) electrons. The quantitative estimate of drug-likeness (QED) is 0.639. The van der Waals surface area contributed by atoms with Gasteiger partial charge in [0.25, 0.3) is 5.56 Å². The summed E-state index contributed by atoms with van der Waals surface area (Å²) >= 11 is 0. The highest BCUT2D eigenvalue weighted by Crippen LogP contribution is 2.64. The van der Waals surface area contributed by atoms with Crippen LogP contribution in [0, 0.1) is 17.8 Å². The number of nitrogens with one attached hydrogen (secondary N) is 3. The second kappa shape index (κ2) is 4.71. The van der Waals surface area contributed by atoms with Gasteiger partial charge in [0.15, 0.2) is 0 Å². The molecule has 0 saturated heterocycles. The molecule has 6 nitrogen and oxygen atoms in total. The van der Waals surface area contributed by atoms with Gasteiger partial charge in [-0.3, -0.25) is 9.89 Å². The van der Waals surface area contributed by atoms with Crippen molar-refractivity contribution in [2.75, 3.05) is 5.32 Å². The monoisotopic (exact) mass is 333 g/mol. The Morgan fingerprint density at radius 2 is 2.08 bits per heavy atom. The van der Waals surface area contributed by atoms with E-state index in [1.54, 1.807) is 6.07 Å². The molecule has 6 rings (SSSR count). The van der Waals surface area contributed by atoms with Crippen LogP contribution in [-0.4, -0.2) is 20.2 Å². The number of aromatic amines is 2. The van der Waals surface area contributed by atoms with Gasteiger partial charge in [-0.25, -0.2) is 4.98 Å². The average molecular weight is 333 g/mol. The van der Waals surface area contributed by atoms with E-state index in [-0.39, 0.29) is 11.6 Å². The van der Waals surface area contributed by atoms with Crippen molar-refractivity contribution in [1.29, 1.82) is 0 Å². The van der Waals surface area contributed by atoms with Gasteiger partial charge in [0.1, 0.15) is 0 Å². The SMILES string of the molecule is O=c1cc([C@@H]2Nc3ccc4[nH]ncc4c3[C@H]3C4CCC(C4)[C@@H]23)nc[nH]1. The topological polar surface area (TPSA) is 86.5 Å². The number of H-pyrrole nitrogens is 2. The second-order valence-electron chi connectivity index (χ2n) is 7.75. The molecule has 2 saturated carbocycles. The Kier molecular flexibility index (Phi) is 2.57. The smallest absolute Gasteiger partial charge is 0.250 e. The van der Waals surface area contributed by atoms with Crippen molar-refractivity contribution < 1.29 is 0 Å². The van der Waals surface area contributed by atoms with Crippen LogP contribution < -0.4 is 10.9 Å². The molecule has 25 heavy (non-hydrogen) atoms. The molecule has 3 aromatic rings. The predicted octanol–water partition coefficient (Wildman–Crippen LogP) is 2.94. The molecule has 0 spiro atoms. The Balaban J connectivity index is 1.58. The molecular weight excluding hydrogens is 314 g/mol. The number of hydrogen-bond donors (Lipinski definition) is 3. The summed E-state index contributed by atoms with van der Waals surface area (Å²) in [5.41, 5.74) is 4.49. The van der Waals surface area contributed by atoms with E-state index in [2.05, 4.69) is 37.6 Å². The molecule has 3 heterocycles. The highest BCUT2D eigenvalue weighted by atomic mass is 16.1. The first-order valence-electron chi connectivity index (χ1n) is 9.07. The number of aromatic nitrogens is 4. The first-order chi connectivity index (χ1) is 12.3. The van der Waals surface area contributed by atoms with Gasteiger partial charge in [-0.15, -0.1) is 0 Å². The van der Waals surface area contributed by atoms with Crippen LogP contribution in [0.25, 0.3) is 10.9 Å². The highest BCUT2D eigenvalue weighted by Gasteiger charge is 2.54. The lowest BCUT2D eigenvalue weighted by Crippen LogP contribution is -2.36. The van der Waals surface area contributed by atoms with Crippen LogP contribution in [0.2, 0.25) is 0 Å². The molecular formula is C19H19N5O. The molecule has 1 aromatic carbocycles. The molecule has 1 aliphatic heterocycles. The Labute approximate surface area is 144 Å². The van der Waals surface area contributed by atoms with E-state index in [0.29, 0.717) is 17.8 Å². The maximum Gasteiger partial charge on any atom is 0.250 e. The number of anilines is 1. The predicted molar refractivity (Wildman–Crippen MR) is 94.4 cm³/mol. The molecule has 3 aliphatic rings. The van der Waals surface area contributed by atoms with Crippen molar-refractivity contribution in [3.63, 3.8) is 0 Å². The summed E-state index contributed by atoms with van der Waals surface area (Å²) in [6.07, 6.45) is 7.39. The second-order valence-corrected chi connectivity index (χ2v) is 7.75. The van der Waals surface area contributed by atoms with E-state index in [9.17, 15) is 4.79 Å². The lowest BCUT2D eigenvalue weighted by Gasteiger charge is -2.43. The van der Waals surface area contributed by atoms with Gasteiger partial charge in [0.2, 0.25) is 0 Å². The van der Waals surface area contributed by atoms with Crippen LogP contribution in [-0.2, 0) is 0 Å². The van der Waals surface area contributed by atoms with Crippen LogP contribution in [0.15, 0.2) is 35.5 Å². The Hall–Kier alpha value is -2.63. The van der Waals surface area contributed by atoms with Crippen LogP contribution in [0.1, 0.15) is 42.5 Å². The maximum absolute atomic E-state index is 11.8. The minimum Gasteiger partial charge on any atom is -0.376 e. The summed E-state index contributed by atoms with van der Waals surface area (Å²) in [6, 6.07) is 6.00. The van der Waals surface area contributed by atoms with E-state index >= 15 is 0 Å². The van der Waals surface area contributed by atoms with E-state index in [1.165, 1.54) is 42.2 Å². The van der Waals surface area contributed by atoms with Crippen molar-refractivity contribution in [1.82, 2.24) is 20.2 Å². The zero-order chi connectivity index (χ0) is 16.5. The molecule has 3 N–H and O–H groups in total. The Morgan fingerprint density at radius 1 is 1.16 bits per heavy atom. The molecule has 126 valence electrons. The molecule has 2 fully saturated rings. The number of hydrogen-bond acceptors (Lipinski definition) is 4. The van der Waals surface area contributed by atoms with E-state index in [1.807, 2.05) is 6.20 Å². The van der Waals surface area contributed by atoms with Crippen molar-refractivity contribution in [3.8, 4) is 0 Å². The van der Waals surface area contributed by atoms with Crippen molar-refractivity contribution in [3.05, 3.63) is 52.3 Å². The molecule has 2 aromatic heterocycles. The largest absolute Gasteiger partial charge is 0.376 e. The van der Waals surface area contributed by atoms with Gasteiger partial charge in [-0.1, -0.05) is 0 Å². The lowest BCUT2D eigenvalue weighted by molar-refractivity contribution is 0.246. The van der Waals surface area contributed by atoms with Gasteiger partial charge in [0, 0.05) is 17.1 Å². The van der Waals surface area contributed by atoms with E-state index in [4.69, 9.17) is 0 Å². The molecule has 0 amide bonds. The van der Waals surface area contributed by atoms with Crippen molar-refractivity contribution in [2.24, 2.45) is 17.8 Å². The standard InChI is InChI=1S/C19H19N5O/c25-15-6-14(20-8-21-15)19-17-10-2-1-9(5-10)16(17)18-11-7-22-24-12(11)3-4-13(18)23-19/h3-4,6-10,16-17,19,23H,1-2,5H2,(H,22,24)(H,20,21,25)/t9?,10?,16-,17+,19-/m0/s1. The fourth-order valence-electron chi connectivity index (χ4n) is 5.86. The average Bonchev–Trinajstić information content (AvgIpc) is 3.36. The van der Waals surface area contributed by atoms with Crippen molar-refractivity contribution >= 4 is 16.6 Å². The third kappa shape index (κ3) is 1.77. The summed E-state index contributed by atoms with van der Waals surface area (Å²) in [6.45, 7) is 0. The first-order valence-corrected chi connectivity index (χ1v) is 9.07. The zero-order valence-electron chi connectivity index (χ0n) is 13.7. The molecule has 5 atom stereocenters. The van der Waals surface area contributed by atoms with Gasteiger partial charge >= 0.3 is 0 Å². The summed E-state index contributed by atoms with van der Waals surface area (Å²) in [7, 11) is 0. The first kappa shape index (κ1) is 13.6. The van der Waals surface area contributed by atoms with Gasteiger partial charge in [-0.05, 0) is 60.6 Å². The van der Waals surface area contributed by atoms with Gasteiger partial charge < -0.3 is 10.3 Å². The zero-order valence-corrected chi connectivity index (χ0v) is 13.7. The lowest BCUT2D eigenvalue weighted by atomic mass is 9.68. The number of fused-ring (bicyclic) bond motifs is 9. The van der Waals surface area contributed by atoms with Gasteiger partial charge in [-0.2, -0.15) is 5.10 Å². The molecule has 6 heteroatoms. The maximum atomic E-state index is 11.8. The highest BCUT2D eigenvalue weighted by molar-refractivity contribution is 5.88. The van der Waals surface area contributed by atoms with Crippen molar-refractivity contribution in [2.45, 2.75) is 31.2 Å². The van der Waals surface area contributed by atoms with E-state index in [0.717, 1.165) is 17.1 Å². The number of rotatable bonds is 1. The third-order valence-corrected chi connectivity index (χ3v) is 6.69. The minimum absolute atomic E-state index is 0.0809. The Morgan fingerprint density at radius 3 is 3.00 bits per heavy atom. The minimum atomic E-state index is -0.0809. The van der Waals surface area contributed by atoms with Crippen LogP contribution in [0.3, 0.4) is 0 Å². The fraction of sp³-hybridized carbons (Fsp3) is 0.421. The molecule has 2 unspecified atom stereocenters. The fourth-order valence-corrected chi connectivity index (χ4v) is 5.86. The summed E-state index contributed by atoms with van der Waals surface area (Å²) in [5.74, 6) is 2.48. The number of nitrogens with zero attached hydrogens (tertiary/aromatic N) is 2. The van der Waals surface area contributed by atoms with Crippen LogP contribution in [0.5, 0.6) is 0 Å². The van der Waals surface area contributed by atoms with E-state index < -0.39 is 0 Å². The number of benzene rings is 1. The molecule has 2 bridgehead atoms. The molecule has 2 aliphatic carbocycles. The third-order valence-electron chi connectivity index (χ3n) is 6.69. The Bertz CT molecular complexity index is 1040.